The molecule has 0 bridgehead atoms. The van der Waals surface area contributed by atoms with Crippen molar-refractivity contribution in [3.8, 4) is 0 Å². The van der Waals surface area contributed by atoms with Gasteiger partial charge in [-0.3, -0.25) is 19.4 Å². The van der Waals surface area contributed by atoms with Crippen molar-refractivity contribution < 1.29 is 27.2 Å². The number of H-pyrrole nitrogens is 1. The van der Waals surface area contributed by atoms with Crippen LogP contribution < -0.4 is 10.9 Å². The quantitative estimate of drug-likeness (QED) is 0.352. The molecule has 1 aliphatic carbocycles. The van der Waals surface area contributed by atoms with E-state index >= 15 is 0 Å². The predicted molar refractivity (Wildman–Crippen MR) is 131 cm³/mol. The van der Waals surface area contributed by atoms with Crippen LogP contribution in [0.5, 0.6) is 0 Å². The van der Waals surface area contributed by atoms with Gasteiger partial charge in [0, 0.05) is 37.2 Å². The molecule has 39 heavy (non-hydrogen) atoms. The summed E-state index contributed by atoms with van der Waals surface area (Å²) >= 11 is 0. The number of amides is 2. The maximum atomic E-state index is 14.9. The van der Waals surface area contributed by atoms with E-state index in [2.05, 4.69) is 20.3 Å². The number of likely N-dealkylation sites (tertiary alicyclic amines) is 1. The van der Waals surface area contributed by atoms with E-state index in [9.17, 15) is 31.9 Å². The van der Waals surface area contributed by atoms with Crippen molar-refractivity contribution in [2.24, 2.45) is 0 Å². The molecule has 0 unspecified atom stereocenters. The smallest absolute Gasteiger partial charge is 0.270 e. The second-order valence-electron chi connectivity index (χ2n) is 9.87. The van der Waals surface area contributed by atoms with Gasteiger partial charge >= 0.3 is 0 Å². The number of hydrogen-bond donors (Lipinski definition) is 2. The van der Waals surface area contributed by atoms with E-state index in [-0.39, 0.29) is 29.9 Å². The minimum absolute atomic E-state index is 0.0601. The first-order valence-corrected chi connectivity index (χ1v) is 12.5. The summed E-state index contributed by atoms with van der Waals surface area (Å²) < 4.78 is 56.0. The van der Waals surface area contributed by atoms with Crippen LogP contribution in [0.4, 0.5) is 17.6 Å². The molecule has 5 rings (SSSR count). The average Bonchev–Trinajstić information content (AvgIpc) is 3.29. The lowest BCUT2D eigenvalue weighted by Gasteiger charge is -2.35. The molecule has 3 atom stereocenters. The van der Waals surface area contributed by atoms with E-state index in [1.807, 2.05) is 0 Å². The monoisotopic (exact) mass is 543 g/mol. The number of carbonyl (C=O) groups is 2. The summed E-state index contributed by atoms with van der Waals surface area (Å²) in [5.41, 5.74) is 0.132. The van der Waals surface area contributed by atoms with E-state index in [0.29, 0.717) is 5.56 Å². The first-order valence-electron chi connectivity index (χ1n) is 12.5. The minimum atomic E-state index is -2.82. The van der Waals surface area contributed by atoms with Gasteiger partial charge in [0.1, 0.15) is 17.9 Å². The number of nitrogens with one attached hydrogen (secondary N) is 2. The maximum absolute atomic E-state index is 14.9. The Kier molecular flexibility index (Phi) is 7.19. The summed E-state index contributed by atoms with van der Waals surface area (Å²) in [6, 6.07) is 9.28. The highest BCUT2D eigenvalue weighted by atomic mass is 19.3. The Balaban J connectivity index is 1.38. The minimum Gasteiger partial charge on any atom is -0.342 e. The van der Waals surface area contributed by atoms with Crippen LogP contribution in [0.3, 0.4) is 0 Å². The standard InChI is InChI=1S/C27H25F4N5O3/c28-17-10-21(36(14-17)22(37)11-20-25(38)33-9-8-32-20)26(39)35-23(15-4-2-1-3-5-15)19-7-6-18(24(29)34-19)16-12-27(30,31)13-16/h1-9,16-17,21,23H,10-14H2,(H,33,38)(H,35,39)/t17-,21+,23+/m1/s1. The summed E-state index contributed by atoms with van der Waals surface area (Å²) in [6.45, 7) is -0.328. The Morgan fingerprint density at radius 3 is 2.56 bits per heavy atom. The third kappa shape index (κ3) is 5.69. The van der Waals surface area contributed by atoms with Crippen LogP contribution in [0.25, 0.3) is 0 Å². The van der Waals surface area contributed by atoms with E-state index < -0.39 is 72.7 Å². The first-order chi connectivity index (χ1) is 18.6. The molecule has 2 N–H and O–H groups in total. The fourth-order valence-electron chi connectivity index (χ4n) is 5.08. The average molecular weight is 544 g/mol. The molecule has 2 aliphatic rings. The molecule has 0 spiro atoms. The zero-order valence-corrected chi connectivity index (χ0v) is 20.6. The normalized spacial score (nSPS) is 21.3. The molecule has 204 valence electrons. The van der Waals surface area contributed by atoms with Crippen molar-refractivity contribution in [3.63, 3.8) is 0 Å². The number of aromatic nitrogens is 3. The largest absolute Gasteiger partial charge is 0.342 e. The zero-order chi connectivity index (χ0) is 27.7. The summed E-state index contributed by atoms with van der Waals surface area (Å²) in [6.07, 6.45) is -0.410. The topological polar surface area (TPSA) is 108 Å². The predicted octanol–water partition coefficient (Wildman–Crippen LogP) is 3.20. The van der Waals surface area contributed by atoms with Gasteiger partial charge < -0.3 is 15.2 Å². The summed E-state index contributed by atoms with van der Waals surface area (Å²) in [7, 11) is 0. The number of aromatic amines is 1. The van der Waals surface area contributed by atoms with Crippen LogP contribution in [0.1, 0.15) is 53.7 Å². The van der Waals surface area contributed by atoms with E-state index in [4.69, 9.17) is 0 Å². The number of pyridine rings is 1. The molecule has 0 radical (unpaired) electrons. The molecule has 1 aliphatic heterocycles. The van der Waals surface area contributed by atoms with Gasteiger partial charge in [-0.1, -0.05) is 36.4 Å². The number of nitrogens with zero attached hydrogens (tertiary/aromatic N) is 3. The molecule has 3 heterocycles. The van der Waals surface area contributed by atoms with Gasteiger partial charge in [-0.2, -0.15) is 4.39 Å². The Morgan fingerprint density at radius 1 is 1.15 bits per heavy atom. The molecule has 3 aromatic rings. The van der Waals surface area contributed by atoms with Crippen LogP contribution in [0, 0.1) is 5.95 Å². The molecule has 2 fully saturated rings. The van der Waals surface area contributed by atoms with Crippen molar-refractivity contribution in [2.45, 2.75) is 55.8 Å². The Labute approximate surface area is 220 Å². The highest BCUT2D eigenvalue weighted by molar-refractivity contribution is 5.89. The maximum Gasteiger partial charge on any atom is 0.270 e. The van der Waals surface area contributed by atoms with Crippen molar-refractivity contribution in [1.29, 1.82) is 0 Å². The molecule has 1 aromatic carbocycles. The van der Waals surface area contributed by atoms with Crippen molar-refractivity contribution in [3.05, 3.63) is 93.7 Å². The van der Waals surface area contributed by atoms with Gasteiger partial charge in [-0.05, 0) is 17.5 Å². The molecule has 8 nitrogen and oxygen atoms in total. The molecular formula is C27H25F4N5O3. The molecule has 2 amide bonds. The van der Waals surface area contributed by atoms with Crippen LogP contribution in [-0.2, 0) is 16.0 Å². The molecule has 2 aromatic heterocycles. The van der Waals surface area contributed by atoms with Crippen LogP contribution in [0.2, 0.25) is 0 Å². The van der Waals surface area contributed by atoms with Gasteiger partial charge in [-0.15, -0.1) is 0 Å². The Morgan fingerprint density at radius 2 is 1.90 bits per heavy atom. The Hall–Kier alpha value is -4.09. The molecular weight excluding hydrogens is 518 g/mol. The highest BCUT2D eigenvalue weighted by Crippen LogP contribution is 2.48. The first kappa shape index (κ1) is 26.5. The van der Waals surface area contributed by atoms with Crippen LogP contribution in [-0.4, -0.2) is 56.3 Å². The number of benzene rings is 1. The number of rotatable bonds is 7. The molecule has 1 saturated carbocycles. The highest BCUT2D eigenvalue weighted by Gasteiger charge is 2.47. The number of alkyl halides is 3. The second kappa shape index (κ2) is 10.6. The number of carbonyl (C=O) groups excluding carboxylic acids is 2. The van der Waals surface area contributed by atoms with Gasteiger partial charge in [0.25, 0.3) is 5.56 Å². The lowest BCUT2D eigenvalue weighted by atomic mass is 9.77. The van der Waals surface area contributed by atoms with Gasteiger partial charge in [0.15, 0.2) is 0 Å². The van der Waals surface area contributed by atoms with Crippen LogP contribution in [0.15, 0.2) is 59.7 Å². The fourth-order valence-corrected chi connectivity index (χ4v) is 5.08. The van der Waals surface area contributed by atoms with E-state index in [1.165, 1.54) is 24.5 Å². The fraction of sp³-hybridized carbons (Fsp3) is 0.370. The SMILES string of the molecule is O=C(N[C@@H](c1ccccc1)c1ccc(C2CC(F)(F)C2)c(F)n1)[C@@H]1C[C@@H](F)CN1C(=O)Cc1ncc[nH]c1=O. The number of hydrogen-bond acceptors (Lipinski definition) is 5. The number of halogens is 4. The van der Waals surface area contributed by atoms with Gasteiger partial charge in [0.2, 0.25) is 23.7 Å². The Bertz CT molecular complexity index is 1430. The van der Waals surface area contributed by atoms with Crippen molar-refractivity contribution in [2.75, 3.05) is 6.54 Å². The molecule has 1 saturated heterocycles. The van der Waals surface area contributed by atoms with Crippen molar-refractivity contribution >= 4 is 11.8 Å². The lowest BCUT2D eigenvalue weighted by Crippen LogP contribution is -2.48. The molecule has 12 heteroatoms. The third-order valence-corrected chi connectivity index (χ3v) is 7.12. The van der Waals surface area contributed by atoms with Crippen molar-refractivity contribution in [1.82, 2.24) is 25.2 Å². The van der Waals surface area contributed by atoms with E-state index in [0.717, 1.165) is 4.90 Å². The van der Waals surface area contributed by atoms with Gasteiger partial charge in [0.05, 0.1) is 24.7 Å². The lowest BCUT2D eigenvalue weighted by molar-refractivity contribution is -0.138. The summed E-state index contributed by atoms with van der Waals surface area (Å²) in [4.78, 5) is 49.7. The summed E-state index contributed by atoms with van der Waals surface area (Å²) in [5.74, 6) is -5.68. The third-order valence-electron chi connectivity index (χ3n) is 7.12. The van der Waals surface area contributed by atoms with E-state index in [1.54, 1.807) is 30.3 Å². The zero-order valence-electron chi connectivity index (χ0n) is 20.6. The van der Waals surface area contributed by atoms with Crippen LogP contribution >= 0.6 is 0 Å². The summed E-state index contributed by atoms with van der Waals surface area (Å²) in [5, 5.41) is 2.76. The second-order valence-corrected chi connectivity index (χ2v) is 9.87. The van der Waals surface area contributed by atoms with Gasteiger partial charge in [-0.25, -0.2) is 18.2 Å².